The number of halogens is 2. The molecule has 16 heavy (non-hydrogen) atoms. The van der Waals surface area contributed by atoms with Crippen molar-refractivity contribution in [2.75, 3.05) is 7.11 Å². The molecule has 0 aliphatic rings. The summed E-state index contributed by atoms with van der Waals surface area (Å²) in [5, 5.41) is 4.47. The van der Waals surface area contributed by atoms with Crippen LogP contribution < -0.4 is 0 Å². The minimum atomic E-state index is 0.315. The fourth-order valence-electron chi connectivity index (χ4n) is 1.19. The van der Waals surface area contributed by atoms with Crippen molar-refractivity contribution in [2.24, 2.45) is 0 Å². The Kier molecular flexibility index (Phi) is 3.52. The van der Waals surface area contributed by atoms with Crippen LogP contribution in [0.2, 0.25) is 5.15 Å². The zero-order valence-electron chi connectivity index (χ0n) is 8.39. The van der Waals surface area contributed by atoms with Gasteiger partial charge >= 0.3 is 0 Å². The SMILES string of the molecule is COCc1nc(Cl)cc(-n2cc(Br)cn2)n1. The van der Waals surface area contributed by atoms with Gasteiger partial charge in [-0.1, -0.05) is 11.6 Å². The molecule has 0 N–H and O–H groups in total. The quantitative estimate of drug-likeness (QED) is 0.816. The van der Waals surface area contributed by atoms with E-state index in [0.717, 1.165) is 4.47 Å². The van der Waals surface area contributed by atoms with Crippen LogP contribution in [0.3, 0.4) is 0 Å². The van der Waals surface area contributed by atoms with Crippen molar-refractivity contribution >= 4 is 27.5 Å². The van der Waals surface area contributed by atoms with Gasteiger partial charge in [-0.3, -0.25) is 0 Å². The van der Waals surface area contributed by atoms with E-state index in [1.165, 1.54) is 0 Å². The van der Waals surface area contributed by atoms with E-state index in [-0.39, 0.29) is 0 Å². The first-order valence-electron chi connectivity index (χ1n) is 4.42. The van der Waals surface area contributed by atoms with E-state index < -0.39 is 0 Å². The summed E-state index contributed by atoms with van der Waals surface area (Å²) in [6, 6.07) is 1.64. The Morgan fingerprint density at radius 1 is 1.50 bits per heavy atom. The van der Waals surface area contributed by atoms with Crippen LogP contribution in [0, 0.1) is 0 Å². The number of aromatic nitrogens is 4. The van der Waals surface area contributed by atoms with E-state index in [2.05, 4.69) is 31.0 Å². The normalized spacial score (nSPS) is 10.7. The summed E-state index contributed by atoms with van der Waals surface area (Å²) in [7, 11) is 1.58. The first-order chi connectivity index (χ1) is 7.69. The van der Waals surface area contributed by atoms with Crippen LogP contribution in [0.1, 0.15) is 5.82 Å². The van der Waals surface area contributed by atoms with Crippen LogP contribution in [0.15, 0.2) is 22.9 Å². The monoisotopic (exact) mass is 302 g/mol. The van der Waals surface area contributed by atoms with Crippen LogP contribution in [0.4, 0.5) is 0 Å². The summed E-state index contributed by atoms with van der Waals surface area (Å²) in [4.78, 5) is 8.30. The van der Waals surface area contributed by atoms with E-state index in [1.807, 2.05) is 0 Å². The number of ether oxygens (including phenoxy) is 1. The molecule has 0 unspecified atom stereocenters. The first-order valence-corrected chi connectivity index (χ1v) is 5.59. The average Bonchev–Trinajstić information content (AvgIpc) is 2.64. The van der Waals surface area contributed by atoms with Crippen LogP contribution in [0.25, 0.3) is 5.82 Å². The van der Waals surface area contributed by atoms with Gasteiger partial charge in [-0.05, 0) is 15.9 Å². The third kappa shape index (κ3) is 2.58. The summed E-state index contributed by atoms with van der Waals surface area (Å²) in [5.41, 5.74) is 0. The highest BCUT2D eigenvalue weighted by Gasteiger charge is 2.06. The molecule has 2 rings (SSSR count). The van der Waals surface area contributed by atoms with Gasteiger partial charge in [0, 0.05) is 19.4 Å². The molecule has 84 valence electrons. The highest BCUT2D eigenvalue weighted by atomic mass is 79.9. The summed E-state index contributed by atoms with van der Waals surface area (Å²) in [6.45, 7) is 0.315. The van der Waals surface area contributed by atoms with E-state index >= 15 is 0 Å². The van der Waals surface area contributed by atoms with E-state index in [4.69, 9.17) is 16.3 Å². The fourth-order valence-corrected chi connectivity index (χ4v) is 1.67. The van der Waals surface area contributed by atoms with Gasteiger partial charge < -0.3 is 4.74 Å². The Labute approximate surface area is 106 Å². The Morgan fingerprint density at radius 3 is 2.94 bits per heavy atom. The summed E-state index contributed by atoms with van der Waals surface area (Å²) in [5.74, 6) is 1.13. The van der Waals surface area contributed by atoms with Crippen molar-refractivity contribution in [3.8, 4) is 5.82 Å². The number of nitrogens with zero attached hydrogens (tertiary/aromatic N) is 4. The second-order valence-electron chi connectivity index (χ2n) is 3.00. The predicted octanol–water partition coefficient (Wildman–Crippen LogP) is 2.22. The third-order valence-corrected chi connectivity index (χ3v) is 2.39. The second-order valence-corrected chi connectivity index (χ2v) is 4.30. The van der Waals surface area contributed by atoms with Crippen LogP contribution in [-0.4, -0.2) is 26.9 Å². The minimum Gasteiger partial charge on any atom is -0.377 e. The van der Waals surface area contributed by atoms with Gasteiger partial charge in [0.15, 0.2) is 11.6 Å². The van der Waals surface area contributed by atoms with Gasteiger partial charge in [0.05, 0.1) is 10.7 Å². The maximum Gasteiger partial charge on any atom is 0.158 e. The molecule has 7 heteroatoms. The van der Waals surface area contributed by atoms with E-state index in [0.29, 0.717) is 23.4 Å². The molecule has 0 atom stereocenters. The van der Waals surface area contributed by atoms with Gasteiger partial charge in [-0.15, -0.1) is 0 Å². The highest BCUT2D eigenvalue weighted by molar-refractivity contribution is 9.10. The van der Waals surface area contributed by atoms with Gasteiger partial charge in [-0.2, -0.15) is 5.10 Å². The molecule has 0 aliphatic heterocycles. The predicted molar refractivity (Wildman–Crippen MR) is 62.6 cm³/mol. The van der Waals surface area contributed by atoms with Crippen molar-refractivity contribution < 1.29 is 4.74 Å². The van der Waals surface area contributed by atoms with Gasteiger partial charge in [0.1, 0.15) is 11.8 Å². The van der Waals surface area contributed by atoms with Gasteiger partial charge in [-0.25, -0.2) is 14.6 Å². The third-order valence-electron chi connectivity index (χ3n) is 1.79. The zero-order chi connectivity index (χ0) is 11.5. The number of hydrogen-bond acceptors (Lipinski definition) is 4. The van der Waals surface area contributed by atoms with Crippen molar-refractivity contribution in [3.63, 3.8) is 0 Å². The molecule has 0 aromatic carbocycles. The fraction of sp³-hybridized carbons (Fsp3) is 0.222. The van der Waals surface area contributed by atoms with E-state index in [1.54, 1.807) is 30.3 Å². The number of hydrogen-bond donors (Lipinski definition) is 0. The summed E-state index contributed by atoms with van der Waals surface area (Å²) in [6.07, 6.45) is 3.46. The number of rotatable bonds is 3. The van der Waals surface area contributed by atoms with E-state index in [9.17, 15) is 0 Å². The molecule has 0 aliphatic carbocycles. The smallest absolute Gasteiger partial charge is 0.158 e. The Hall–Kier alpha value is -0.980. The minimum absolute atomic E-state index is 0.315. The molecular formula is C9H8BrClN4O. The van der Waals surface area contributed by atoms with Crippen LogP contribution >= 0.6 is 27.5 Å². The van der Waals surface area contributed by atoms with Gasteiger partial charge in [0.25, 0.3) is 0 Å². The summed E-state index contributed by atoms with van der Waals surface area (Å²) < 4.78 is 7.44. The van der Waals surface area contributed by atoms with Crippen molar-refractivity contribution in [1.29, 1.82) is 0 Å². The lowest BCUT2D eigenvalue weighted by molar-refractivity contribution is 0.177. The molecule has 0 saturated heterocycles. The van der Waals surface area contributed by atoms with Crippen molar-refractivity contribution in [1.82, 2.24) is 19.7 Å². The molecule has 0 amide bonds. The molecule has 0 fully saturated rings. The van der Waals surface area contributed by atoms with Crippen LogP contribution in [0.5, 0.6) is 0 Å². The van der Waals surface area contributed by atoms with Crippen molar-refractivity contribution in [3.05, 3.63) is 33.9 Å². The zero-order valence-corrected chi connectivity index (χ0v) is 10.7. The topological polar surface area (TPSA) is 52.8 Å². The number of methoxy groups -OCH3 is 1. The largest absolute Gasteiger partial charge is 0.377 e. The van der Waals surface area contributed by atoms with Gasteiger partial charge in [0.2, 0.25) is 0 Å². The molecule has 2 aromatic rings. The second kappa shape index (κ2) is 4.90. The molecule has 2 aromatic heterocycles. The Balaban J connectivity index is 2.40. The maximum atomic E-state index is 5.88. The molecule has 0 bridgehead atoms. The average molecular weight is 304 g/mol. The molecule has 0 saturated carbocycles. The van der Waals surface area contributed by atoms with Crippen LogP contribution in [-0.2, 0) is 11.3 Å². The standard InChI is InChI=1S/C9H8BrClN4O/c1-16-5-8-13-7(11)2-9(14-8)15-4-6(10)3-12-15/h2-4H,5H2,1H3. The highest BCUT2D eigenvalue weighted by Crippen LogP contribution is 2.14. The lowest BCUT2D eigenvalue weighted by Gasteiger charge is -2.03. The molecule has 5 nitrogen and oxygen atoms in total. The molecule has 0 spiro atoms. The first kappa shape index (κ1) is 11.5. The Morgan fingerprint density at radius 2 is 2.31 bits per heavy atom. The summed E-state index contributed by atoms with van der Waals surface area (Å²) >= 11 is 9.20. The maximum absolute atomic E-state index is 5.88. The van der Waals surface area contributed by atoms with Crippen molar-refractivity contribution in [2.45, 2.75) is 6.61 Å². The lowest BCUT2D eigenvalue weighted by Crippen LogP contribution is -2.04. The molecular weight excluding hydrogens is 295 g/mol. The molecule has 2 heterocycles. The molecule has 0 radical (unpaired) electrons. The lowest BCUT2D eigenvalue weighted by atomic mass is 10.5. The Bertz CT molecular complexity index is 502.